The molecule has 75 valence electrons. The van der Waals surface area contributed by atoms with Gasteiger partial charge in [-0.2, -0.15) is 0 Å². The van der Waals surface area contributed by atoms with E-state index in [0.717, 1.165) is 26.1 Å². The first-order valence-corrected chi connectivity index (χ1v) is 4.86. The highest BCUT2D eigenvalue weighted by Gasteiger charge is 2.16. The van der Waals surface area contributed by atoms with Crippen molar-refractivity contribution in [3.05, 3.63) is 0 Å². The van der Waals surface area contributed by atoms with E-state index in [1.54, 1.807) is 0 Å². The molecule has 4 heteroatoms. The zero-order valence-corrected chi connectivity index (χ0v) is 8.08. The van der Waals surface area contributed by atoms with Gasteiger partial charge in [0.05, 0.1) is 13.0 Å². The van der Waals surface area contributed by atoms with Crippen LogP contribution in [0, 0.1) is 0 Å². The molecule has 0 bridgehead atoms. The highest BCUT2D eigenvalue weighted by molar-refractivity contribution is 5.70. The number of ether oxygens (including phenoxy) is 1. The van der Waals surface area contributed by atoms with Crippen molar-refractivity contribution in [1.29, 1.82) is 0 Å². The fraction of sp³-hybridized carbons (Fsp3) is 0.889. The molecule has 0 aromatic carbocycles. The summed E-state index contributed by atoms with van der Waals surface area (Å²) in [5.41, 5.74) is 0. The average Bonchev–Trinajstić information content (AvgIpc) is 2.33. The van der Waals surface area contributed by atoms with Crippen molar-refractivity contribution >= 4 is 5.97 Å². The van der Waals surface area contributed by atoms with Crippen LogP contribution in [0.1, 0.15) is 19.8 Å². The first-order valence-electron chi connectivity index (χ1n) is 4.86. The van der Waals surface area contributed by atoms with E-state index >= 15 is 0 Å². The Hall–Kier alpha value is -0.610. The molecule has 0 aliphatic carbocycles. The SMILES string of the molecule is CCOC(=O)CC1CCNCC[N]1. The minimum Gasteiger partial charge on any atom is -0.466 e. The number of rotatable bonds is 3. The quantitative estimate of drug-likeness (QED) is 0.625. The smallest absolute Gasteiger partial charge is 0.307 e. The molecule has 4 nitrogen and oxygen atoms in total. The van der Waals surface area contributed by atoms with Crippen molar-refractivity contribution in [3.8, 4) is 0 Å². The summed E-state index contributed by atoms with van der Waals surface area (Å²) >= 11 is 0. The Morgan fingerprint density at radius 3 is 3.23 bits per heavy atom. The highest BCUT2D eigenvalue weighted by Crippen LogP contribution is 2.02. The molecule has 13 heavy (non-hydrogen) atoms. The van der Waals surface area contributed by atoms with E-state index in [1.165, 1.54) is 0 Å². The molecule has 0 aromatic heterocycles. The maximum atomic E-state index is 11.1. The van der Waals surface area contributed by atoms with E-state index in [1.807, 2.05) is 6.92 Å². The minimum atomic E-state index is -0.127. The second-order valence-corrected chi connectivity index (χ2v) is 3.11. The van der Waals surface area contributed by atoms with Crippen LogP contribution in [-0.2, 0) is 9.53 Å². The van der Waals surface area contributed by atoms with Gasteiger partial charge in [-0.25, -0.2) is 5.32 Å². The van der Waals surface area contributed by atoms with E-state index in [0.29, 0.717) is 13.0 Å². The Bertz CT molecular complexity index is 154. The second kappa shape index (κ2) is 5.94. The van der Waals surface area contributed by atoms with Crippen molar-refractivity contribution in [3.63, 3.8) is 0 Å². The van der Waals surface area contributed by atoms with Crippen LogP contribution in [0.3, 0.4) is 0 Å². The van der Waals surface area contributed by atoms with Crippen LogP contribution in [0.15, 0.2) is 0 Å². The zero-order valence-electron chi connectivity index (χ0n) is 8.08. The predicted molar refractivity (Wildman–Crippen MR) is 49.5 cm³/mol. The molecule has 1 atom stereocenters. The number of carbonyl (C=O) groups excluding carboxylic acids is 1. The average molecular weight is 185 g/mol. The molecule has 1 saturated heterocycles. The van der Waals surface area contributed by atoms with Crippen LogP contribution in [-0.4, -0.2) is 38.3 Å². The van der Waals surface area contributed by atoms with Gasteiger partial charge in [0.2, 0.25) is 0 Å². The maximum absolute atomic E-state index is 11.1. The molecule has 1 aliphatic rings. The van der Waals surface area contributed by atoms with Gasteiger partial charge >= 0.3 is 5.97 Å². The van der Waals surface area contributed by atoms with E-state index < -0.39 is 0 Å². The Kier molecular flexibility index (Phi) is 4.78. The van der Waals surface area contributed by atoms with Gasteiger partial charge in [0.15, 0.2) is 0 Å². The molecule has 0 spiro atoms. The molecule has 1 N–H and O–H groups in total. The lowest BCUT2D eigenvalue weighted by molar-refractivity contribution is -0.143. The second-order valence-electron chi connectivity index (χ2n) is 3.11. The van der Waals surface area contributed by atoms with Crippen molar-refractivity contribution in [2.24, 2.45) is 0 Å². The van der Waals surface area contributed by atoms with Crippen LogP contribution in [0.4, 0.5) is 0 Å². The van der Waals surface area contributed by atoms with Gasteiger partial charge in [0.1, 0.15) is 0 Å². The van der Waals surface area contributed by atoms with Crippen molar-refractivity contribution in [2.45, 2.75) is 25.8 Å². The topological polar surface area (TPSA) is 52.4 Å². The molecule has 1 heterocycles. The first-order chi connectivity index (χ1) is 6.33. The molecule has 1 rings (SSSR count). The molecule has 0 aromatic rings. The monoisotopic (exact) mass is 185 g/mol. The standard InChI is InChI=1S/C9H17N2O2/c1-2-13-9(12)7-8-3-4-10-5-6-11-8/h8,10H,2-7H2,1H3. The zero-order chi connectivity index (χ0) is 9.52. The van der Waals surface area contributed by atoms with Gasteiger partial charge in [0.25, 0.3) is 0 Å². The van der Waals surface area contributed by atoms with Crippen molar-refractivity contribution in [1.82, 2.24) is 10.6 Å². The number of carbonyl (C=O) groups is 1. The third kappa shape index (κ3) is 4.24. The maximum Gasteiger partial charge on any atom is 0.307 e. The lowest BCUT2D eigenvalue weighted by Crippen LogP contribution is -2.26. The number of nitrogens with zero attached hydrogens (tertiary/aromatic N) is 1. The molecule has 1 unspecified atom stereocenters. The minimum absolute atomic E-state index is 0.127. The van der Waals surface area contributed by atoms with Crippen molar-refractivity contribution in [2.75, 3.05) is 26.2 Å². The Labute approximate surface area is 79.0 Å². The van der Waals surface area contributed by atoms with Crippen LogP contribution in [0.5, 0.6) is 0 Å². The number of hydrogen-bond acceptors (Lipinski definition) is 3. The largest absolute Gasteiger partial charge is 0.466 e. The Balaban J connectivity index is 2.21. The summed E-state index contributed by atoms with van der Waals surface area (Å²) in [6.07, 6.45) is 1.38. The molecule has 1 radical (unpaired) electrons. The Morgan fingerprint density at radius 2 is 2.46 bits per heavy atom. The van der Waals surface area contributed by atoms with Gasteiger partial charge in [-0.15, -0.1) is 0 Å². The molecular weight excluding hydrogens is 168 g/mol. The summed E-state index contributed by atoms with van der Waals surface area (Å²) in [4.78, 5) is 11.1. The van der Waals surface area contributed by atoms with Gasteiger partial charge in [0, 0.05) is 19.1 Å². The summed E-state index contributed by atoms with van der Waals surface area (Å²) in [6, 6.07) is 0.161. The summed E-state index contributed by atoms with van der Waals surface area (Å²) in [7, 11) is 0. The van der Waals surface area contributed by atoms with Gasteiger partial charge in [-0.3, -0.25) is 4.79 Å². The van der Waals surface area contributed by atoms with Gasteiger partial charge in [-0.05, 0) is 19.9 Å². The summed E-state index contributed by atoms with van der Waals surface area (Å²) in [6.45, 7) is 4.98. The fourth-order valence-corrected chi connectivity index (χ4v) is 1.39. The van der Waals surface area contributed by atoms with Gasteiger partial charge in [-0.1, -0.05) is 0 Å². The van der Waals surface area contributed by atoms with E-state index in [2.05, 4.69) is 10.6 Å². The molecule has 1 fully saturated rings. The summed E-state index contributed by atoms with van der Waals surface area (Å²) in [5, 5.41) is 7.62. The third-order valence-corrected chi connectivity index (χ3v) is 2.04. The van der Waals surface area contributed by atoms with E-state index in [9.17, 15) is 4.79 Å². The van der Waals surface area contributed by atoms with Crippen LogP contribution < -0.4 is 10.6 Å². The van der Waals surface area contributed by atoms with Crippen molar-refractivity contribution < 1.29 is 9.53 Å². The van der Waals surface area contributed by atoms with E-state index in [-0.39, 0.29) is 12.0 Å². The molecule has 0 amide bonds. The normalized spacial score (nSPS) is 23.6. The van der Waals surface area contributed by atoms with Crippen LogP contribution >= 0.6 is 0 Å². The third-order valence-electron chi connectivity index (χ3n) is 2.04. The molecule has 0 saturated carbocycles. The Morgan fingerprint density at radius 1 is 1.62 bits per heavy atom. The lowest BCUT2D eigenvalue weighted by Gasteiger charge is -2.11. The van der Waals surface area contributed by atoms with Gasteiger partial charge < -0.3 is 10.1 Å². The number of nitrogens with one attached hydrogen (secondary N) is 1. The van der Waals surface area contributed by atoms with E-state index in [4.69, 9.17) is 4.74 Å². The number of hydrogen-bond donors (Lipinski definition) is 1. The first kappa shape index (κ1) is 10.5. The van der Waals surface area contributed by atoms with Crippen LogP contribution in [0.2, 0.25) is 0 Å². The highest BCUT2D eigenvalue weighted by atomic mass is 16.5. The molecule has 1 aliphatic heterocycles. The fourth-order valence-electron chi connectivity index (χ4n) is 1.39. The summed E-state index contributed by atoms with van der Waals surface area (Å²) < 4.78 is 4.87. The number of esters is 1. The summed E-state index contributed by atoms with van der Waals surface area (Å²) in [5.74, 6) is -0.127. The predicted octanol–water partition coefficient (Wildman–Crippen LogP) is -0.0941. The molecular formula is C9H17N2O2. The lowest BCUT2D eigenvalue weighted by atomic mass is 10.1. The van der Waals surface area contributed by atoms with Crippen LogP contribution in [0.25, 0.3) is 0 Å².